The molecule has 9 heteroatoms. The topological polar surface area (TPSA) is 89.0 Å². The van der Waals surface area contributed by atoms with E-state index >= 15 is 0 Å². The van der Waals surface area contributed by atoms with Crippen molar-refractivity contribution in [2.24, 2.45) is 0 Å². The molecule has 0 aliphatic rings. The first kappa shape index (κ1) is 45.6. The van der Waals surface area contributed by atoms with Gasteiger partial charge >= 0.3 is 122 Å². The summed E-state index contributed by atoms with van der Waals surface area (Å²) in [4.78, 5) is 8.56. The van der Waals surface area contributed by atoms with E-state index in [0.29, 0.717) is 0 Å². The van der Waals surface area contributed by atoms with Gasteiger partial charge in [0.15, 0.2) is 0 Å². The molecule has 0 amide bonds. The van der Waals surface area contributed by atoms with Gasteiger partial charge in [-0.25, -0.2) is 4.79 Å². The van der Waals surface area contributed by atoms with Gasteiger partial charge in [-0.05, 0) is 0 Å². The Labute approximate surface area is 208 Å². The van der Waals surface area contributed by atoms with E-state index in [0.717, 1.165) is 0 Å². The van der Waals surface area contributed by atoms with Gasteiger partial charge in [-0.15, -0.1) is 0 Å². The third-order valence-corrected chi connectivity index (χ3v) is 0. The van der Waals surface area contributed by atoms with E-state index < -0.39 is 6.16 Å². The van der Waals surface area contributed by atoms with E-state index in [-0.39, 0.29) is 193 Å². The maximum Gasteiger partial charge on any atom is 2.00 e. The molecule has 0 aromatic heterocycles. The van der Waals surface area contributed by atoms with Crippen LogP contribution in [0.2, 0.25) is 0 Å². The Morgan fingerprint density at radius 2 is 1.30 bits per heavy atom. The van der Waals surface area contributed by atoms with E-state index in [9.17, 15) is 0 Å². The Hall–Kier alpha value is 5.22. The van der Waals surface area contributed by atoms with Gasteiger partial charge in [0.05, 0.1) is 0 Å². The number of carbonyl (C=O) groups is 1. The van der Waals surface area contributed by atoms with Crippen molar-refractivity contribution in [2.45, 2.75) is 0 Å². The van der Waals surface area contributed by atoms with Gasteiger partial charge in [0.25, 0.3) is 0 Å². The fourth-order valence-corrected chi connectivity index (χ4v) is 0. The van der Waals surface area contributed by atoms with Crippen LogP contribution in [0.4, 0.5) is 4.79 Å². The SMILES string of the molecule is O.O=C(O)O.[Ba+2].[Ca+2].[H-].[H-].[H-].[H-].[H-].[Na+].[U].[Y]. The Morgan fingerprint density at radius 1 is 1.30 bits per heavy atom. The van der Waals surface area contributed by atoms with Crippen molar-refractivity contribution >= 4 is 92.8 Å². The molecule has 0 heterocycles. The fourth-order valence-electron chi connectivity index (χ4n) is 0. The molecule has 0 aliphatic heterocycles. The largest absolute Gasteiger partial charge is 2.00 e. The summed E-state index contributed by atoms with van der Waals surface area (Å²) >= 11 is 0. The molecule has 0 saturated heterocycles. The number of hydrogen-bond donors (Lipinski definition) is 2. The monoisotopic (exact) mass is 613 g/mol. The van der Waals surface area contributed by atoms with Crippen LogP contribution in [0.25, 0.3) is 0 Å². The summed E-state index contributed by atoms with van der Waals surface area (Å²) in [6.45, 7) is 0. The molecule has 0 rings (SSSR count). The van der Waals surface area contributed by atoms with Gasteiger partial charge in [-0.3, -0.25) is 0 Å². The number of carboxylic acid groups (broad SMARTS) is 2. The van der Waals surface area contributed by atoms with Crippen LogP contribution >= 0.6 is 0 Å². The zero-order valence-electron chi connectivity index (χ0n) is 10.8. The summed E-state index contributed by atoms with van der Waals surface area (Å²) in [5.41, 5.74) is 0. The molecule has 0 unspecified atom stereocenters. The van der Waals surface area contributed by atoms with Crippen LogP contribution < -0.4 is 29.6 Å². The molecular formula is CH9BaCaNaO4UY. The molecule has 1 radical (unpaired) electrons. The molecule has 10 heavy (non-hydrogen) atoms. The van der Waals surface area contributed by atoms with Crippen molar-refractivity contribution < 1.29 is 121 Å². The molecule has 0 fully saturated rings. The third-order valence-electron chi connectivity index (χ3n) is 0. The third kappa shape index (κ3) is 72.5. The minimum absolute atomic E-state index is 0. The van der Waals surface area contributed by atoms with E-state index in [1.807, 2.05) is 0 Å². The van der Waals surface area contributed by atoms with Crippen LogP contribution in [0.15, 0.2) is 0 Å². The minimum Gasteiger partial charge on any atom is -1.00 e. The van der Waals surface area contributed by atoms with Gasteiger partial charge in [0.2, 0.25) is 0 Å². The van der Waals surface area contributed by atoms with Crippen molar-refractivity contribution in [1.82, 2.24) is 0 Å². The Kier molecular flexibility index (Phi) is 168. The van der Waals surface area contributed by atoms with Crippen molar-refractivity contribution in [2.75, 3.05) is 0 Å². The van der Waals surface area contributed by atoms with Gasteiger partial charge in [0, 0.05) is 63.8 Å². The van der Waals surface area contributed by atoms with Crippen LogP contribution in [0.3, 0.4) is 0 Å². The molecule has 0 bridgehead atoms. The molecule has 0 aromatic carbocycles. The van der Waals surface area contributed by atoms with Crippen LogP contribution in [-0.4, -0.2) is 108 Å². The maximum atomic E-state index is 8.56. The Bertz CT molecular complexity index is 62.0. The second kappa shape index (κ2) is 36.8. The van der Waals surface area contributed by atoms with E-state index in [4.69, 9.17) is 15.0 Å². The molecule has 0 aromatic rings. The zero-order chi connectivity index (χ0) is 3.58. The first-order valence-corrected chi connectivity index (χ1v) is 0.651. The summed E-state index contributed by atoms with van der Waals surface area (Å²) in [6.07, 6.45) is -1.83. The molecule has 0 aliphatic carbocycles. The summed E-state index contributed by atoms with van der Waals surface area (Å²) in [6, 6.07) is 0. The van der Waals surface area contributed by atoms with E-state index in [1.54, 1.807) is 0 Å². The molecular weight excluding hydrogens is 603 g/mol. The van der Waals surface area contributed by atoms with Crippen LogP contribution in [0.1, 0.15) is 7.13 Å². The van der Waals surface area contributed by atoms with Crippen molar-refractivity contribution in [3.8, 4) is 0 Å². The minimum atomic E-state index is -1.83. The molecule has 0 spiro atoms. The van der Waals surface area contributed by atoms with Crippen LogP contribution in [-0.2, 0) is 32.7 Å². The van der Waals surface area contributed by atoms with Gasteiger partial charge in [0.1, 0.15) is 0 Å². The predicted molar refractivity (Wildman–Crippen MR) is 31.3 cm³/mol. The summed E-state index contributed by atoms with van der Waals surface area (Å²) in [7, 11) is 0. The zero-order valence-corrected chi connectivity index (χ0v) is 21.4. The van der Waals surface area contributed by atoms with Gasteiger partial charge < -0.3 is 22.8 Å². The van der Waals surface area contributed by atoms with Crippen molar-refractivity contribution in [3.63, 3.8) is 0 Å². The maximum absolute atomic E-state index is 8.56. The number of hydrogen-bond acceptors (Lipinski definition) is 1. The molecule has 0 atom stereocenters. The first-order chi connectivity index (χ1) is 1.73. The average molecular weight is 612 g/mol. The Balaban J connectivity index is -0.000000000818. The number of rotatable bonds is 0. The molecule has 49 valence electrons. The second-order valence-corrected chi connectivity index (χ2v) is 0.283. The van der Waals surface area contributed by atoms with E-state index in [2.05, 4.69) is 0 Å². The summed E-state index contributed by atoms with van der Waals surface area (Å²) in [5, 5.41) is 13.9. The summed E-state index contributed by atoms with van der Waals surface area (Å²) in [5.74, 6) is 0. The van der Waals surface area contributed by atoms with Gasteiger partial charge in [-0.2, -0.15) is 0 Å². The first-order valence-electron chi connectivity index (χ1n) is 0.651. The summed E-state index contributed by atoms with van der Waals surface area (Å²) < 4.78 is 0. The van der Waals surface area contributed by atoms with Crippen molar-refractivity contribution in [3.05, 3.63) is 0 Å². The standard InChI is InChI=1S/CH2O3.Ba.Ca.Na.H2O.U.Y.5H/c2-1(3)4;;;;;;;;;;;/h(H2,2,3,4);;;;1H2;;;;;;;/q;2*+2;+1;;;;5*-1. The predicted octanol–water partition coefficient (Wildman–Crippen LogP) is -3.80. The van der Waals surface area contributed by atoms with Crippen molar-refractivity contribution in [1.29, 1.82) is 0 Å². The van der Waals surface area contributed by atoms with Gasteiger partial charge in [-0.1, -0.05) is 0 Å². The normalized spacial score (nSPS) is 2.40. The van der Waals surface area contributed by atoms with Crippen LogP contribution in [0, 0.1) is 31.1 Å². The molecule has 0 saturated carbocycles. The fraction of sp³-hybridized carbons (Fsp3) is 0. The second-order valence-electron chi connectivity index (χ2n) is 0.283. The van der Waals surface area contributed by atoms with E-state index in [1.165, 1.54) is 0 Å². The average Bonchev–Trinajstić information content (AvgIpc) is 0.811. The van der Waals surface area contributed by atoms with Crippen LogP contribution in [0.5, 0.6) is 0 Å². The quantitative estimate of drug-likeness (QED) is 0.276. The Morgan fingerprint density at radius 3 is 1.30 bits per heavy atom. The smallest absolute Gasteiger partial charge is 1.00 e. The molecule has 4 nitrogen and oxygen atoms in total. The molecule has 4 N–H and O–H groups in total.